The number of amides is 4. The molecule has 0 unspecified atom stereocenters. The second kappa shape index (κ2) is 19.7. The molecule has 0 saturated carbocycles. The van der Waals surface area contributed by atoms with Gasteiger partial charge in [0.05, 0.1) is 49.5 Å². The minimum absolute atomic E-state index is 0.0953. The number of carbonyl (C=O) groups excluding carboxylic acids is 4. The quantitative estimate of drug-likeness (QED) is 0.175. The molecular formula is C45H52Cl2F3N7O6. The summed E-state index contributed by atoms with van der Waals surface area (Å²) < 4.78 is 51.2. The van der Waals surface area contributed by atoms with Crippen molar-refractivity contribution in [1.82, 2.24) is 34.5 Å². The van der Waals surface area contributed by atoms with E-state index in [1.165, 1.54) is 29.8 Å². The number of ether oxygens (including phenoxy) is 1. The molecule has 13 nitrogen and oxygen atoms in total. The summed E-state index contributed by atoms with van der Waals surface area (Å²) in [4.78, 5) is 67.5. The number of nitrogens with zero attached hydrogens (tertiary/aromatic N) is 6. The number of hydrogen-bond donors (Lipinski definition) is 2. The normalized spacial score (nSPS) is 21.8. The maximum absolute atomic E-state index is 14.5. The van der Waals surface area contributed by atoms with Crippen LogP contribution >= 0.6 is 23.2 Å². The zero-order valence-corrected chi connectivity index (χ0v) is 37.3. The molecule has 18 heteroatoms. The van der Waals surface area contributed by atoms with Crippen LogP contribution in [0.15, 0.2) is 72.9 Å². The molecule has 2 bridgehead atoms. The third kappa shape index (κ3) is 11.3. The lowest BCUT2D eigenvalue weighted by atomic mass is 9.80. The summed E-state index contributed by atoms with van der Waals surface area (Å²) in [5.74, 6) is -3.71. The number of benzene rings is 3. The zero-order valence-electron chi connectivity index (χ0n) is 35.8. The van der Waals surface area contributed by atoms with Crippen LogP contribution in [0.4, 0.5) is 13.2 Å². The smallest absolute Gasteiger partial charge is 0.389 e. The van der Waals surface area contributed by atoms with Gasteiger partial charge in [-0.1, -0.05) is 41.4 Å². The van der Waals surface area contributed by atoms with Gasteiger partial charge in [-0.15, -0.1) is 0 Å². The van der Waals surface area contributed by atoms with Crippen molar-refractivity contribution in [2.45, 2.75) is 75.9 Å². The minimum atomic E-state index is -4.82. The Balaban J connectivity index is 1.33. The molecule has 1 aromatic heterocycles. The fourth-order valence-corrected chi connectivity index (χ4v) is 8.65. The van der Waals surface area contributed by atoms with Crippen LogP contribution in [-0.4, -0.2) is 123 Å². The number of rotatable bonds is 11. The van der Waals surface area contributed by atoms with Crippen LogP contribution < -0.4 is 10.1 Å². The lowest BCUT2D eigenvalue weighted by Crippen LogP contribution is -2.65. The predicted molar refractivity (Wildman–Crippen MR) is 232 cm³/mol. The number of fused-ring (bicyclic) bond motifs is 2. The van der Waals surface area contributed by atoms with Crippen molar-refractivity contribution < 1.29 is 42.2 Å². The summed E-state index contributed by atoms with van der Waals surface area (Å²) in [6, 6.07) is 15.8. The Morgan fingerprint density at radius 2 is 1.65 bits per heavy atom. The SMILES string of the molecule is C[C@H]1C(=O)N[C@@H](CO)C(=O)N(C)[C@@]2(Cc3ccc(Cl)cc3)CCCN(C2)C(=O)[C@H](CC(F)(F)F)CC(=O)N1Cc1ccc(Cl)cc1Oc1ccc(-c2cnc(CN(C)C)n2C)cc1. The number of likely N-dealkylation sites (N-methyl/N-ethyl adjacent to an activating group) is 1. The molecule has 2 aliphatic rings. The molecule has 63 heavy (non-hydrogen) atoms. The van der Waals surface area contributed by atoms with Crippen molar-refractivity contribution in [3.63, 3.8) is 0 Å². The molecule has 4 amide bonds. The summed E-state index contributed by atoms with van der Waals surface area (Å²) in [6.07, 6.45) is -4.63. The number of aliphatic hydroxyl groups is 1. The van der Waals surface area contributed by atoms with Crippen molar-refractivity contribution in [3.05, 3.63) is 99.9 Å². The molecule has 6 rings (SSSR count). The highest BCUT2D eigenvalue weighted by molar-refractivity contribution is 6.31. The van der Waals surface area contributed by atoms with Gasteiger partial charge in [0.25, 0.3) is 0 Å². The zero-order chi connectivity index (χ0) is 45.8. The molecule has 3 heterocycles. The fraction of sp³-hybridized carbons (Fsp3) is 0.444. The van der Waals surface area contributed by atoms with Gasteiger partial charge in [-0.3, -0.25) is 19.2 Å². The molecule has 2 N–H and O–H groups in total. The molecule has 0 aliphatic carbocycles. The molecule has 2 saturated heterocycles. The van der Waals surface area contributed by atoms with Crippen LogP contribution in [-0.2, 0) is 45.7 Å². The fourth-order valence-electron chi connectivity index (χ4n) is 8.36. The van der Waals surface area contributed by atoms with E-state index in [1.54, 1.807) is 54.7 Å². The van der Waals surface area contributed by atoms with E-state index in [0.717, 1.165) is 27.5 Å². The molecule has 338 valence electrons. The van der Waals surface area contributed by atoms with Crippen LogP contribution in [0.25, 0.3) is 11.3 Å². The van der Waals surface area contributed by atoms with E-state index in [-0.39, 0.29) is 36.8 Å². The number of piperidine rings is 1. The van der Waals surface area contributed by atoms with Crippen LogP contribution in [0.2, 0.25) is 10.0 Å². The van der Waals surface area contributed by atoms with Gasteiger partial charge >= 0.3 is 6.18 Å². The first kappa shape index (κ1) is 47.3. The highest BCUT2D eigenvalue weighted by Gasteiger charge is 2.47. The third-order valence-electron chi connectivity index (χ3n) is 11.9. The number of carbonyl (C=O) groups is 4. The molecule has 2 fully saturated rings. The third-order valence-corrected chi connectivity index (χ3v) is 12.3. The van der Waals surface area contributed by atoms with Crippen LogP contribution in [0.1, 0.15) is 49.6 Å². The van der Waals surface area contributed by atoms with Gasteiger partial charge in [-0.25, -0.2) is 4.98 Å². The van der Waals surface area contributed by atoms with E-state index in [0.29, 0.717) is 35.7 Å². The number of hydrogen-bond acceptors (Lipinski definition) is 8. The maximum Gasteiger partial charge on any atom is 0.389 e. The minimum Gasteiger partial charge on any atom is -0.457 e. The predicted octanol–water partition coefficient (Wildman–Crippen LogP) is 6.48. The van der Waals surface area contributed by atoms with E-state index in [2.05, 4.69) is 10.3 Å². The number of aromatic nitrogens is 2. The van der Waals surface area contributed by atoms with Gasteiger partial charge in [-0.05, 0) is 94.4 Å². The van der Waals surface area contributed by atoms with Crippen LogP contribution in [0.3, 0.4) is 0 Å². The Labute approximate surface area is 374 Å². The Morgan fingerprint density at radius 1 is 0.968 bits per heavy atom. The topological polar surface area (TPSA) is 141 Å². The summed E-state index contributed by atoms with van der Waals surface area (Å²) in [6.45, 7) is 0.793. The average molecular weight is 915 g/mol. The number of halogens is 5. The molecule has 4 atom stereocenters. The van der Waals surface area contributed by atoms with Gasteiger partial charge in [0.1, 0.15) is 29.4 Å². The molecule has 0 radical (unpaired) electrons. The number of imidazole rings is 1. The first-order chi connectivity index (χ1) is 29.8. The summed E-state index contributed by atoms with van der Waals surface area (Å²) in [7, 11) is 7.34. The highest BCUT2D eigenvalue weighted by atomic mass is 35.5. The second-order valence-electron chi connectivity index (χ2n) is 16.7. The lowest BCUT2D eigenvalue weighted by molar-refractivity contribution is -0.166. The monoisotopic (exact) mass is 913 g/mol. The van der Waals surface area contributed by atoms with Gasteiger partial charge in [0.15, 0.2) is 0 Å². The second-order valence-corrected chi connectivity index (χ2v) is 17.6. The highest BCUT2D eigenvalue weighted by Crippen LogP contribution is 2.37. The van der Waals surface area contributed by atoms with E-state index >= 15 is 0 Å². The summed E-state index contributed by atoms with van der Waals surface area (Å²) in [5.41, 5.74) is 1.69. The Morgan fingerprint density at radius 3 is 2.30 bits per heavy atom. The summed E-state index contributed by atoms with van der Waals surface area (Å²) in [5, 5.41) is 13.9. The van der Waals surface area contributed by atoms with Crippen molar-refractivity contribution >= 4 is 46.8 Å². The van der Waals surface area contributed by atoms with Crippen molar-refractivity contribution in [2.75, 3.05) is 40.8 Å². The van der Waals surface area contributed by atoms with Crippen molar-refractivity contribution in [1.29, 1.82) is 0 Å². The van der Waals surface area contributed by atoms with Gasteiger partial charge in [-0.2, -0.15) is 13.2 Å². The van der Waals surface area contributed by atoms with E-state index < -0.39 is 72.8 Å². The first-order valence-corrected chi connectivity index (χ1v) is 21.3. The maximum atomic E-state index is 14.5. The molecular weight excluding hydrogens is 862 g/mol. The summed E-state index contributed by atoms with van der Waals surface area (Å²) >= 11 is 12.6. The number of alkyl halides is 3. The van der Waals surface area contributed by atoms with Crippen molar-refractivity contribution in [3.8, 4) is 22.8 Å². The van der Waals surface area contributed by atoms with Gasteiger partial charge < -0.3 is 39.3 Å². The molecule has 4 aromatic rings. The average Bonchev–Trinajstić information content (AvgIpc) is 3.59. The largest absolute Gasteiger partial charge is 0.457 e. The van der Waals surface area contributed by atoms with E-state index in [4.69, 9.17) is 27.9 Å². The van der Waals surface area contributed by atoms with E-state index in [9.17, 15) is 37.5 Å². The molecule has 2 aliphatic heterocycles. The van der Waals surface area contributed by atoms with Crippen molar-refractivity contribution in [2.24, 2.45) is 13.0 Å². The van der Waals surface area contributed by atoms with Crippen LogP contribution in [0.5, 0.6) is 11.5 Å². The first-order valence-electron chi connectivity index (χ1n) is 20.6. The Bertz CT molecular complexity index is 2290. The number of aliphatic hydroxyl groups excluding tert-OH is 1. The van der Waals surface area contributed by atoms with Gasteiger partial charge in [0.2, 0.25) is 23.6 Å². The number of nitrogens with one attached hydrogen (secondary N) is 1. The van der Waals surface area contributed by atoms with Crippen LogP contribution in [0, 0.1) is 5.92 Å². The lowest BCUT2D eigenvalue weighted by Gasteiger charge is -2.50. The molecule has 3 aromatic carbocycles. The van der Waals surface area contributed by atoms with E-state index in [1.807, 2.05) is 42.7 Å². The van der Waals surface area contributed by atoms with Gasteiger partial charge in [0, 0.05) is 54.8 Å². The Kier molecular flexibility index (Phi) is 14.8. The Hall–Kier alpha value is -5.16. The standard InChI is InChI=1S/C45H52Cl2F3N7O6/c1-28-41(60)52-36(26-58)43(62)55(5)44(21-29-7-12-33(46)13-8-29)17-6-18-56(27-44)42(61)32(22-45(48,49)50)19-40(59)57(28)24-31-9-14-34(47)20-38(31)63-35-15-10-30(11-16-35)37-23-51-39(54(37)4)25-53(2)3/h7-16,20,23,28,32,36,58H,6,17-19,21-22,24-27H2,1-5H3,(H,52,60)/t28-,32-,36-,44+/m0/s1. The molecule has 0 spiro atoms.